The van der Waals surface area contributed by atoms with Crippen LogP contribution in [0.25, 0.3) is 0 Å². The lowest BCUT2D eigenvalue weighted by atomic mass is 9.85. The second kappa shape index (κ2) is 2.28. The van der Waals surface area contributed by atoms with Crippen LogP contribution in [0.5, 0.6) is 0 Å². The van der Waals surface area contributed by atoms with E-state index in [-0.39, 0.29) is 18.8 Å². The van der Waals surface area contributed by atoms with E-state index in [9.17, 15) is 13.9 Å². The number of halogens is 2. The summed E-state index contributed by atoms with van der Waals surface area (Å²) < 4.78 is 25.3. The summed E-state index contributed by atoms with van der Waals surface area (Å²) in [4.78, 5) is 0. The van der Waals surface area contributed by atoms with E-state index in [4.69, 9.17) is 0 Å². The molecule has 0 radical (unpaired) electrons. The van der Waals surface area contributed by atoms with Gasteiger partial charge in [0.15, 0.2) is 0 Å². The Labute approximate surface area is 70.1 Å². The lowest BCUT2D eigenvalue weighted by molar-refractivity contribution is -0.0207. The minimum atomic E-state index is -2.69. The predicted octanol–water partition coefficient (Wildman–Crippen LogP) is 2.11. The summed E-state index contributed by atoms with van der Waals surface area (Å²) >= 11 is 0. The van der Waals surface area contributed by atoms with Gasteiger partial charge in [-0.25, -0.2) is 8.78 Å². The van der Waals surface area contributed by atoms with Gasteiger partial charge < -0.3 is 5.11 Å². The van der Waals surface area contributed by atoms with E-state index in [1.807, 2.05) is 0 Å². The van der Waals surface area contributed by atoms with Crippen molar-refractivity contribution in [1.29, 1.82) is 0 Å². The molecule has 3 heteroatoms. The maximum Gasteiger partial charge on any atom is 0.266 e. The minimum absolute atomic E-state index is 0.209. The SMILES string of the molecule is OC1(C2CC2)C=CC(F)(F)CC1. The van der Waals surface area contributed by atoms with Crippen molar-refractivity contribution in [2.75, 3.05) is 0 Å². The maximum atomic E-state index is 12.6. The summed E-state index contributed by atoms with van der Waals surface area (Å²) in [5.41, 5.74) is -0.915. The number of hydrogen-bond donors (Lipinski definition) is 1. The minimum Gasteiger partial charge on any atom is -0.386 e. The first-order valence-corrected chi connectivity index (χ1v) is 4.32. The van der Waals surface area contributed by atoms with Gasteiger partial charge in [-0.05, 0) is 31.3 Å². The van der Waals surface area contributed by atoms with E-state index in [1.54, 1.807) is 0 Å². The van der Waals surface area contributed by atoms with Crippen molar-refractivity contribution >= 4 is 0 Å². The first-order valence-electron chi connectivity index (χ1n) is 4.32. The molecule has 0 bridgehead atoms. The summed E-state index contributed by atoms with van der Waals surface area (Å²) in [7, 11) is 0. The van der Waals surface area contributed by atoms with Gasteiger partial charge in [0.1, 0.15) is 0 Å². The molecule has 2 aliphatic rings. The molecule has 0 saturated heterocycles. The highest BCUT2D eigenvalue weighted by atomic mass is 19.3. The number of rotatable bonds is 1. The van der Waals surface area contributed by atoms with Gasteiger partial charge in [-0.15, -0.1) is 0 Å². The first-order chi connectivity index (χ1) is 5.52. The van der Waals surface area contributed by atoms with Crippen molar-refractivity contribution in [3.8, 4) is 0 Å². The zero-order valence-electron chi connectivity index (χ0n) is 6.76. The molecular formula is C9H12F2O. The summed E-state index contributed by atoms with van der Waals surface area (Å²) in [5, 5.41) is 9.82. The smallest absolute Gasteiger partial charge is 0.266 e. The van der Waals surface area contributed by atoms with E-state index >= 15 is 0 Å². The highest BCUT2D eigenvalue weighted by Crippen LogP contribution is 2.46. The Morgan fingerprint density at radius 3 is 2.25 bits per heavy atom. The first kappa shape index (κ1) is 8.17. The molecule has 0 aromatic carbocycles. The van der Waals surface area contributed by atoms with E-state index < -0.39 is 11.5 Å². The Morgan fingerprint density at radius 1 is 1.17 bits per heavy atom. The van der Waals surface area contributed by atoms with Crippen LogP contribution < -0.4 is 0 Å². The van der Waals surface area contributed by atoms with Gasteiger partial charge in [-0.3, -0.25) is 0 Å². The highest BCUT2D eigenvalue weighted by molar-refractivity contribution is 5.16. The van der Waals surface area contributed by atoms with Crippen molar-refractivity contribution in [2.45, 2.75) is 37.2 Å². The molecule has 1 N–H and O–H groups in total. The van der Waals surface area contributed by atoms with Gasteiger partial charge in [0.2, 0.25) is 0 Å². The van der Waals surface area contributed by atoms with Crippen molar-refractivity contribution in [2.24, 2.45) is 5.92 Å². The standard InChI is InChI=1S/C9H12F2O/c10-9(11)5-3-8(12,4-6-9)7-1-2-7/h3,5,7,12H,1-2,4,6H2. The summed E-state index contributed by atoms with van der Waals surface area (Å²) in [6, 6.07) is 0. The van der Waals surface area contributed by atoms with Crippen LogP contribution in [0, 0.1) is 5.92 Å². The molecule has 0 amide bonds. The van der Waals surface area contributed by atoms with Gasteiger partial charge in [0.05, 0.1) is 5.60 Å². The van der Waals surface area contributed by atoms with E-state index in [0.717, 1.165) is 18.9 Å². The number of hydrogen-bond acceptors (Lipinski definition) is 1. The van der Waals surface area contributed by atoms with Gasteiger partial charge in [0, 0.05) is 6.42 Å². The molecule has 1 atom stereocenters. The molecule has 2 aliphatic carbocycles. The normalized spacial score (nSPS) is 39.9. The molecule has 2 rings (SSSR count). The molecule has 0 spiro atoms. The fourth-order valence-corrected chi connectivity index (χ4v) is 1.72. The number of allylic oxidation sites excluding steroid dienone is 1. The van der Waals surface area contributed by atoms with Gasteiger partial charge in [-0.1, -0.05) is 6.08 Å². The van der Waals surface area contributed by atoms with Crippen LogP contribution in [-0.2, 0) is 0 Å². The third kappa shape index (κ3) is 1.38. The Balaban J connectivity index is 2.12. The predicted molar refractivity (Wildman–Crippen MR) is 41.0 cm³/mol. The lowest BCUT2D eigenvalue weighted by Gasteiger charge is -2.30. The van der Waals surface area contributed by atoms with E-state index in [1.165, 1.54) is 6.08 Å². The molecule has 0 aromatic rings. The van der Waals surface area contributed by atoms with E-state index in [0.29, 0.717) is 0 Å². The van der Waals surface area contributed by atoms with Crippen LogP contribution in [0.4, 0.5) is 8.78 Å². The fraction of sp³-hybridized carbons (Fsp3) is 0.778. The summed E-state index contributed by atoms with van der Waals surface area (Å²) in [5.74, 6) is -2.45. The average molecular weight is 174 g/mol. The molecule has 0 aliphatic heterocycles. The Morgan fingerprint density at radius 2 is 1.83 bits per heavy atom. The van der Waals surface area contributed by atoms with E-state index in [2.05, 4.69) is 0 Å². The second-order valence-electron chi connectivity index (χ2n) is 3.86. The van der Waals surface area contributed by atoms with Crippen LogP contribution >= 0.6 is 0 Å². The van der Waals surface area contributed by atoms with Crippen LogP contribution in [0.3, 0.4) is 0 Å². The van der Waals surface area contributed by atoms with Crippen molar-refractivity contribution in [3.05, 3.63) is 12.2 Å². The molecule has 12 heavy (non-hydrogen) atoms. The van der Waals surface area contributed by atoms with Gasteiger partial charge in [-0.2, -0.15) is 0 Å². The monoisotopic (exact) mass is 174 g/mol. The van der Waals surface area contributed by atoms with Crippen LogP contribution in [-0.4, -0.2) is 16.6 Å². The van der Waals surface area contributed by atoms with Crippen LogP contribution in [0.15, 0.2) is 12.2 Å². The zero-order chi connectivity index (χ0) is 8.82. The van der Waals surface area contributed by atoms with Crippen LogP contribution in [0.2, 0.25) is 0 Å². The number of aliphatic hydroxyl groups is 1. The molecule has 68 valence electrons. The summed E-state index contributed by atoms with van der Waals surface area (Å²) in [6.07, 6.45) is 4.11. The topological polar surface area (TPSA) is 20.2 Å². The largest absolute Gasteiger partial charge is 0.386 e. The van der Waals surface area contributed by atoms with Crippen molar-refractivity contribution in [3.63, 3.8) is 0 Å². The molecule has 1 saturated carbocycles. The zero-order valence-corrected chi connectivity index (χ0v) is 6.76. The highest BCUT2D eigenvalue weighted by Gasteiger charge is 2.46. The molecule has 0 heterocycles. The van der Waals surface area contributed by atoms with Gasteiger partial charge >= 0.3 is 0 Å². The second-order valence-corrected chi connectivity index (χ2v) is 3.86. The molecule has 0 aromatic heterocycles. The Kier molecular flexibility index (Phi) is 1.55. The van der Waals surface area contributed by atoms with Crippen LogP contribution in [0.1, 0.15) is 25.7 Å². The van der Waals surface area contributed by atoms with Crippen molar-refractivity contribution < 1.29 is 13.9 Å². The molecule has 1 nitrogen and oxygen atoms in total. The lowest BCUT2D eigenvalue weighted by Crippen LogP contribution is -2.35. The fourth-order valence-electron chi connectivity index (χ4n) is 1.72. The van der Waals surface area contributed by atoms with Crippen molar-refractivity contribution in [1.82, 2.24) is 0 Å². The molecular weight excluding hydrogens is 162 g/mol. The Hall–Kier alpha value is -0.440. The quantitative estimate of drug-likeness (QED) is 0.603. The van der Waals surface area contributed by atoms with Gasteiger partial charge in [0.25, 0.3) is 5.92 Å². The third-order valence-electron chi connectivity index (χ3n) is 2.76. The average Bonchev–Trinajstić information content (AvgIpc) is 2.78. The molecule has 1 unspecified atom stereocenters. The maximum absolute atomic E-state index is 12.6. The summed E-state index contributed by atoms with van der Waals surface area (Å²) in [6.45, 7) is 0. The third-order valence-corrected chi connectivity index (χ3v) is 2.76. The number of alkyl halides is 2. The molecule has 1 fully saturated rings. The Bertz CT molecular complexity index is 221.